The normalized spacial score (nSPS) is 16.5. The van der Waals surface area contributed by atoms with E-state index in [9.17, 15) is 22.8 Å². The van der Waals surface area contributed by atoms with E-state index < -0.39 is 29.3 Å². The molecule has 0 aliphatic carbocycles. The summed E-state index contributed by atoms with van der Waals surface area (Å²) in [6.45, 7) is 0.387. The first-order chi connectivity index (χ1) is 13.8. The third-order valence-corrected chi connectivity index (χ3v) is 4.35. The summed E-state index contributed by atoms with van der Waals surface area (Å²) < 4.78 is 55.9. The molecule has 1 aromatic heterocycles. The van der Waals surface area contributed by atoms with Gasteiger partial charge in [0.05, 0.1) is 43.8 Å². The number of aromatic nitrogens is 2. The summed E-state index contributed by atoms with van der Waals surface area (Å²) in [6.07, 6.45) is -3.87. The molecule has 1 atom stereocenters. The predicted molar refractivity (Wildman–Crippen MR) is 102 cm³/mol. The molecule has 0 radical (unpaired) electrons. The molecule has 0 saturated carbocycles. The third kappa shape index (κ3) is 5.22. The van der Waals surface area contributed by atoms with Gasteiger partial charge in [-0.2, -0.15) is 18.3 Å². The highest BCUT2D eigenvalue weighted by Gasteiger charge is 2.40. The van der Waals surface area contributed by atoms with Gasteiger partial charge in [-0.25, -0.2) is 9.89 Å². The number of halogens is 4. The van der Waals surface area contributed by atoms with E-state index in [0.717, 1.165) is 6.20 Å². The van der Waals surface area contributed by atoms with E-state index in [0.29, 0.717) is 5.75 Å². The lowest BCUT2D eigenvalue weighted by molar-refractivity contribution is -0.138. The van der Waals surface area contributed by atoms with Gasteiger partial charge in [0.25, 0.3) is 5.56 Å². The van der Waals surface area contributed by atoms with E-state index >= 15 is 0 Å². The summed E-state index contributed by atoms with van der Waals surface area (Å²) in [5.41, 5.74) is -2.68. The van der Waals surface area contributed by atoms with Crippen molar-refractivity contribution in [3.8, 4) is 5.75 Å². The number of rotatable bonds is 5. The van der Waals surface area contributed by atoms with Gasteiger partial charge < -0.3 is 19.1 Å². The lowest BCUT2D eigenvalue weighted by atomic mass is 10.1. The summed E-state index contributed by atoms with van der Waals surface area (Å²) in [5.74, 6) is -0.194. The van der Waals surface area contributed by atoms with E-state index in [1.165, 1.54) is 18.1 Å². The Morgan fingerprint density at radius 1 is 1.40 bits per heavy atom. The number of carbonyl (C=O) groups is 1. The van der Waals surface area contributed by atoms with Crippen molar-refractivity contribution >= 4 is 24.1 Å². The van der Waals surface area contributed by atoms with Crippen LogP contribution < -0.4 is 15.2 Å². The second-order valence-electron chi connectivity index (χ2n) is 6.21. The van der Waals surface area contributed by atoms with E-state index in [1.54, 1.807) is 18.2 Å². The summed E-state index contributed by atoms with van der Waals surface area (Å²) in [5, 5.41) is 5.34. The van der Waals surface area contributed by atoms with Gasteiger partial charge in [0.15, 0.2) is 0 Å². The quantitative estimate of drug-likeness (QED) is 0.700. The maximum absolute atomic E-state index is 13.4. The minimum Gasteiger partial charge on any atom is -0.491 e. The molecular formula is C18H19ClF3N3O5. The molecule has 2 heterocycles. The number of H-pyrrole nitrogens is 1. The molecule has 1 fully saturated rings. The van der Waals surface area contributed by atoms with Crippen LogP contribution in [0.4, 0.5) is 18.9 Å². The zero-order chi connectivity index (χ0) is 21.0. The van der Waals surface area contributed by atoms with Crippen molar-refractivity contribution in [1.29, 1.82) is 0 Å². The number of nitrogens with one attached hydrogen (secondary N) is 1. The van der Waals surface area contributed by atoms with Crippen LogP contribution in [0.2, 0.25) is 0 Å². The number of methoxy groups -OCH3 is 1. The molecule has 0 amide bonds. The fraction of sp³-hybridized carbons (Fsp3) is 0.389. The molecule has 0 bridgehead atoms. The van der Waals surface area contributed by atoms with Crippen LogP contribution in [0.5, 0.6) is 5.75 Å². The Balaban J connectivity index is 0.00000320. The van der Waals surface area contributed by atoms with Gasteiger partial charge in [0.2, 0.25) is 0 Å². The van der Waals surface area contributed by atoms with Crippen molar-refractivity contribution in [2.24, 2.45) is 0 Å². The molecule has 1 N–H and O–H groups in total. The predicted octanol–water partition coefficient (Wildman–Crippen LogP) is 2.28. The van der Waals surface area contributed by atoms with Crippen molar-refractivity contribution in [2.75, 3.05) is 38.4 Å². The number of morpholine rings is 1. The molecule has 2 aromatic rings. The summed E-state index contributed by atoms with van der Waals surface area (Å²) in [7, 11) is 1.25. The van der Waals surface area contributed by atoms with E-state index in [-0.39, 0.29) is 50.0 Å². The van der Waals surface area contributed by atoms with Crippen molar-refractivity contribution in [2.45, 2.75) is 12.2 Å². The van der Waals surface area contributed by atoms with Crippen molar-refractivity contribution < 1.29 is 32.2 Å². The van der Waals surface area contributed by atoms with Crippen LogP contribution in [-0.2, 0) is 15.7 Å². The fourth-order valence-electron chi connectivity index (χ4n) is 3.01. The number of aromatic amines is 1. The van der Waals surface area contributed by atoms with Crippen LogP contribution in [0.25, 0.3) is 0 Å². The van der Waals surface area contributed by atoms with Crippen LogP contribution in [-0.4, -0.2) is 55.7 Å². The zero-order valence-corrected chi connectivity index (χ0v) is 16.6. The smallest absolute Gasteiger partial charge is 0.423 e. The number of carbonyl (C=O) groups excluding carboxylic acids is 1. The minimum absolute atomic E-state index is 0. The molecule has 1 aliphatic rings. The number of alkyl halides is 3. The molecule has 3 rings (SSSR count). The number of ether oxygens (including phenoxy) is 3. The molecule has 8 nitrogen and oxygen atoms in total. The largest absolute Gasteiger partial charge is 0.491 e. The Morgan fingerprint density at radius 2 is 2.17 bits per heavy atom. The zero-order valence-electron chi connectivity index (χ0n) is 15.8. The van der Waals surface area contributed by atoms with E-state index in [1.807, 2.05) is 5.10 Å². The second kappa shape index (κ2) is 9.81. The first-order valence-corrected chi connectivity index (χ1v) is 8.61. The van der Waals surface area contributed by atoms with Crippen molar-refractivity contribution in [1.82, 2.24) is 10.2 Å². The standard InChI is InChI=1S/C18H18F3N3O5.ClH/c1-27-17(26)11-3-2-4-13(7-11)29-10-12-9-28-6-5-24(12)14-8-22-23-16(25)15(14)18(19,20)21;/h2-4,7-8,12H,5-6,9-10H2,1H3,(H,23,25);1H. The molecule has 30 heavy (non-hydrogen) atoms. The van der Waals surface area contributed by atoms with Crippen LogP contribution in [0.1, 0.15) is 15.9 Å². The summed E-state index contributed by atoms with van der Waals surface area (Å²) in [6, 6.07) is 5.62. The minimum atomic E-state index is -4.84. The number of esters is 1. The third-order valence-electron chi connectivity index (χ3n) is 4.35. The summed E-state index contributed by atoms with van der Waals surface area (Å²) in [4.78, 5) is 24.8. The molecular weight excluding hydrogens is 431 g/mol. The van der Waals surface area contributed by atoms with Gasteiger partial charge in [0, 0.05) is 6.54 Å². The Hall–Kier alpha value is -2.79. The maximum atomic E-state index is 13.4. The molecule has 12 heteroatoms. The Bertz CT molecular complexity index is 938. The van der Waals surface area contributed by atoms with Gasteiger partial charge >= 0.3 is 12.1 Å². The maximum Gasteiger partial charge on any atom is 0.423 e. The number of hydrogen-bond donors (Lipinski definition) is 1. The van der Waals surface area contributed by atoms with Crippen LogP contribution in [0, 0.1) is 0 Å². The monoisotopic (exact) mass is 449 g/mol. The van der Waals surface area contributed by atoms with E-state index in [4.69, 9.17) is 9.47 Å². The average molecular weight is 450 g/mol. The Kier molecular flexibility index (Phi) is 7.68. The first kappa shape index (κ1) is 23.5. The van der Waals surface area contributed by atoms with Crippen molar-refractivity contribution in [3.63, 3.8) is 0 Å². The SMILES string of the molecule is COC(=O)c1cccc(OCC2COCCN2c2cn[nH]c(=O)c2C(F)(F)F)c1.Cl. The number of benzene rings is 1. The lowest BCUT2D eigenvalue weighted by Crippen LogP contribution is -2.50. The molecule has 0 spiro atoms. The lowest BCUT2D eigenvalue weighted by Gasteiger charge is -2.37. The highest BCUT2D eigenvalue weighted by Crippen LogP contribution is 2.34. The van der Waals surface area contributed by atoms with Crippen LogP contribution >= 0.6 is 12.4 Å². The van der Waals surface area contributed by atoms with Crippen LogP contribution in [0.15, 0.2) is 35.3 Å². The second-order valence-corrected chi connectivity index (χ2v) is 6.21. The van der Waals surface area contributed by atoms with E-state index in [2.05, 4.69) is 9.84 Å². The van der Waals surface area contributed by atoms with Gasteiger partial charge in [-0.3, -0.25) is 4.79 Å². The molecule has 1 saturated heterocycles. The Morgan fingerprint density at radius 3 is 2.87 bits per heavy atom. The molecule has 1 aromatic carbocycles. The summed E-state index contributed by atoms with van der Waals surface area (Å²) >= 11 is 0. The molecule has 1 aliphatic heterocycles. The van der Waals surface area contributed by atoms with Crippen LogP contribution in [0.3, 0.4) is 0 Å². The topological polar surface area (TPSA) is 93.8 Å². The average Bonchev–Trinajstić information content (AvgIpc) is 2.71. The van der Waals surface area contributed by atoms with Crippen molar-refractivity contribution in [3.05, 3.63) is 51.9 Å². The number of nitrogens with zero attached hydrogens (tertiary/aromatic N) is 2. The van der Waals surface area contributed by atoms with Gasteiger partial charge in [-0.1, -0.05) is 6.07 Å². The Labute approximate surface area is 175 Å². The molecule has 1 unspecified atom stereocenters. The van der Waals surface area contributed by atoms with Gasteiger partial charge in [-0.15, -0.1) is 12.4 Å². The fourth-order valence-corrected chi connectivity index (χ4v) is 3.01. The van der Waals surface area contributed by atoms with Gasteiger partial charge in [0.1, 0.15) is 17.9 Å². The number of hydrogen-bond acceptors (Lipinski definition) is 7. The molecule has 164 valence electrons. The highest BCUT2D eigenvalue weighted by atomic mass is 35.5. The number of anilines is 1. The van der Waals surface area contributed by atoms with Gasteiger partial charge in [-0.05, 0) is 18.2 Å². The first-order valence-electron chi connectivity index (χ1n) is 8.61. The highest BCUT2D eigenvalue weighted by molar-refractivity contribution is 5.89.